The Hall–Kier alpha value is -2.60. The minimum absolute atomic E-state index is 0.289. The molecular weight excluding hydrogens is 350 g/mol. The van der Waals surface area contributed by atoms with Crippen LogP contribution in [0.3, 0.4) is 0 Å². The van der Waals surface area contributed by atoms with Gasteiger partial charge in [-0.05, 0) is 29.7 Å². The first-order valence-corrected chi connectivity index (χ1v) is 9.42. The summed E-state index contributed by atoms with van der Waals surface area (Å²) in [7, 11) is 3.34. The fraction of sp³-hybridized carbons (Fsp3) is 0.250. The summed E-state index contributed by atoms with van der Waals surface area (Å²) in [6.45, 7) is 1.20. The highest BCUT2D eigenvalue weighted by Crippen LogP contribution is 2.44. The maximum absolute atomic E-state index is 5.62. The number of fused-ring (bicyclic) bond motifs is 5. The van der Waals surface area contributed by atoms with Gasteiger partial charge in [0.1, 0.15) is 0 Å². The van der Waals surface area contributed by atoms with Gasteiger partial charge in [-0.2, -0.15) is 4.57 Å². The van der Waals surface area contributed by atoms with Gasteiger partial charge in [-0.3, -0.25) is 0 Å². The van der Waals surface area contributed by atoms with Gasteiger partial charge in [-0.15, -0.1) is 11.8 Å². The van der Waals surface area contributed by atoms with Crippen molar-refractivity contribution in [1.82, 2.24) is 0 Å². The smallest absolute Gasteiger partial charge is 0.231 e. The first-order valence-electron chi connectivity index (χ1n) is 8.43. The lowest BCUT2D eigenvalue weighted by Crippen LogP contribution is -2.36. The summed E-state index contributed by atoms with van der Waals surface area (Å²) in [5.74, 6) is 4.14. The zero-order valence-corrected chi connectivity index (χ0v) is 15.4. The quantitative estimate of drug-likeness (QED) is 0.646. The van der Waals surface area contributed by atoms with E-state index >= 15 is 0 Å². The number of rotatable bonds is 2. The van der Waals surface area contributed by atoms with Crippen molar-refractivity contribution in [1.29, 1.82) is 0 Å². The van der Waals surface area contributed by atoms with Crippen molar-refractivity contribution in [3.63, 3.8) is 0 Å². The second-order valence-electron chi connectivity index (χ2n) is 6.21. The van der Waals surface area contributed by atoms with Gasteiger partial charge in [0.25, 0.3) is 0 Å². The molecule has 5 rings (SSSR count). The molecule has 0 spiro atoms. The van der Waals surface area contributed by atoms with Crippen LogP contribution in [0.4, 0.5) is 0 Å². The third-order valence-corrected chi connectivity index (χ3v) is 5.88. The summed E-state index contributed by atoms with van der Waals surface area (Å²) in [6, 6.07) is 10.4. The van der Waals surface area contributed by atoms with E-state index in [0.29, 0.717) is 0 Å². The van der Waals surface area contributed by atoms with E-state index in [1.165, 1.54) is 16.2 Å². The SMILES string of the molecule is COc1ccc2cc3[n+](cc2c1OC)CCSc1cc2c(cc1-3)OCO2. The Morgan fingerprint density at radius 2 is 1.88 bits per heavy atom. The number of hydrogen-bond donors (Lipinski definition) is 0. The number of ether oxygens (including phenoxy) is 4. The Balaban J connectivity index is 1.77. The van der Waals surface area contributed by atoms with Crippen LogP contribution in [0, 0.1) is 0 Å². The second-order valence-corrected chi connectivity index (χ2v) is 7.34. The summed E-state index contributed by atoms with van der Waals surface area (Å²) in [4.78, 5) is 1.22. The summed E-state index contributed by atoms with van der Waals surface area (Å²) < 4.78 is 24.5. The zero-order chi connectivity index (χ0) is 17.7. The van der Waals surface area contributed by atoms with Crippen LogP contribution in [0.25, 0.3) is 22.0 Å². The summed E-state index contributed by atoms with van der Waals surface area (Å²) >= 11 is 1.84. The van der Waals surface area contributed by atoms with E-state index in [-0.39, 0.29) is 6.79 Å². The van der Waals surface area contributed by atoms with Crippen LogP contribution in [0.15, 0.2) is 41.4 Å². The molecule has 0 aliphatic carbocycles. The number of aromatic nitrogens is 1. The van der Waals surface area contributed by atoms with Gasteiger partial charge in [0.2, 0.25) is 12.5 Å². The molecule has 0 bridgehead atoms. The molecule has 0 atom stereocenters. The van der Waals surface area contributed by atoms with E-state index in [0.717, 1.165) is 46.1 Å². The highest BCUT2D eigenvalue weighted by atomic mass is 32.2. The number of pyridine rings is 1. The second kappa shape index (κ2) is 5.99. The molecule has 6 heteroatoms. The van der Waals surface area contributed by atoms with Crippen LogP contribution in [0.2, 0.25) is 0 Å². The van der Waals surface area contributed by atoms with Crippen LogP contribution in [0.5, 0.6) is 23.0 Å². The predicted molar refractivity (Wildman–Crippen MR) is 99.5 cm³/mol. The summed E-state index contributed by atoms with van der Waals surface area (Å²) in [5.41, 5.74) is 2.34. The molecule has 26 heavy (non-hydrogen) atoms. The largest absolute Gasteiger partial charge is 0.493 e. The number of methoxy groups -OCH3 is 2. The Labute approximate surface area is 155 Å². The van der Waals surface area contributed by atoms with Crippen molar-refractivity contribution < 1.29 is 23.5 Å². The molecule has 132 valence electrons. The lowest BCUT2D eigenvalue weighted by molar-refractivity contribution is -0.680. The van der Waals surface area contributed by atoms with Gasteiger partial charge in [-0.1, -0.05) is 0 Å². The van der Waals surface area contributed by atoms with Gasteiger partial charge in [0.15, 0.2) is 35.7 Å². The standard InChI is InChI=1S/C20H18NO4S/c1-22-16-4-3-12-7-15-13-8-17-18(25-11-24-17)9-19(13)26-6-5-21(15)10-14(12)20(16)23-2/h3-4,7-10H,5-6,11H2,1-2H3/q+1. The minimum Gasteiger partial charge on any atom is -0.493 e. The summed E-state index contributed by atoms with van der Waals surface area (Å²) in [6.07, 6.45) is 2.16. The number of aryl methyl sites for hydroxylation is 1. The van der Waals surface area contributed by atoms with E-state index in [4.69, 9.17) is 18.9 Å². The normalized spacial score (nSPS) is 14.5. The van der Waals surface area contributed by atoms with E-state index in [2.05, 4.69) is 35.0 Å². The molecule has 0 N–H and O–H groups in total. The summed E-state index contributed by atoms with van der Waals surface area (Å²) in [5, 5.41) is 2.16. The van der Waals surface area contributed by atoms with E-state index in [1.807, 2.05) is 17.8 Å². The van der Waals surface area contributed by atoms with Crippen LogP contribution in [-0.2, 0) is 6.54 Å². The highest BCUT2D eigenvalue weighted by molar-refractivity contribution is 7.99. The average Bonchev–Trinajstić information content (AvgIpc) is 3.05. The zero-order valence-electron chi connectivity index (χ0n) is 14.6. The van der Waals surface area contributed by atoms with Crippen molar-refractivity contribution in [2.75, 3.05) is 26.8 Å². The number of hydrogen-bond acceptors (Lipinski definition) is 5. The number of benzene rings is 2. The molecule has 2 aliphatic rings. The van der Waals surface area contributed by atoms with E-state index < -0.39 is 0 Å². The van der Waals surface area contributed by atoms with Gasteiger partial charge < -0.3 is 18.9 Å². The first kappa shape index (κ1) is 15.6. The maximum atomic E-state index is 5.62. The predicted octanol–water partition coefficient (Wildman–Crippen LogP) is 3.65. The van der Waals surface area contributed by atoms with Crippen molar-refractivity contribution in [2.45, 2.75) is 11.4 Å². The van der Waals surface area contributed by atoms with Crippen molar-refractivity contribution in [3.8, 4) is 34.3 Å². The third kappa shape index (κ3) is 2.29. The molecule has 0 fully saturated rings. The van der Waals surface area contributed by atoms with Crippen LogP contribution < -0.4 is 23.5 Å². The fourth-order valence-corrected chi connectivity index (χ4v) is 4.61. The topological polar surface area (TPSA) is 40.8 Å². The van der Waals surface area contributed by atoms with Crippen LogP contribution >= 0.6 is 11.8 Å². The molecule has 2 aliphatic heterocycles. The third-order valence-electron chi connectivity index (χ3n) is 4.84. The lowest BCUT2D eigenvalue weighted by atomic mass is 10.0. The number of thioether (sulfide) groups is 1. The van der Waals surface area contributed by atoms with Gasteiger partial charge in [0, 0.05) is 11.0 Å². The Morgan fingerprint density at radius 1 is 1.04 bits per heavy atom. The van der Waals surface area contributed by atoms with Gasteiger partial charge >= 0.3 is 0 Å². The van der Waals surface area contributed by atoms with Crippen molar-refractivity contribution in [2.24, 2.45) is 0 Å². The molecular formula is C20H18NO4S+. The average molecular weight is 368 g/mol. The Kier molecular flexibility index (Phi) is 3.60. The monoisotopic (exact) mass is 368 g/mol. The molecule has 0 amide bonds. The number of nitrogens with zero attached hydrogens (tertiary/aromatic N) is 1. The molecule has 0 saturated heterocycles. The highest BCUT2D eigenvalue weighted by Gasteiger charge is 2.27. The van der Waals surface area contributed by atoms with Crippen LogP contribution in [0.1, 0.15) is 0 Å². The molecule has 3 aromatic rings. The van der Waals surface area contributed by atoms with Gasteiger partial charge in [0.05, 0.1) is 30.9 Å². The van der Waals surface area contributed by atoms with Crippen molar-refractivity contribution in [3.05, 3.63) is 36.5 Å². The molecule has 0 saturated carbocycles. The molecule has 1 aromatic heterocycles. The molecule has 3 heterocycles. The van der Waals surface area contributed by atoms with E-state index in [1.54, 1.807) is 14.2 Å². The molecule has 0 radical (unpaired) electrons. The Morgan fingerprint density at radius 3 is 2.69 bits per heavy atom. The maximum Gasteiger partial charge on any atom is 0.231 e. The minimum atomic E-state index is 0.289. The van der Waals surface area contributed by atoms with Crippen LogP contribution in [-0.4, -0.2) is 26.8 Å². The van der Waals surface area contributed by atoms with Gasteiger partial charge in [-0.25, -0.2) is 0 Å². The van der Waals surface area contributed by atoms with E-state index in [9.17, 15) is 0 Å². The first-order chi connectivity index (χ1) is 12.8. The molecule has 2 aromatic carbocycles. The lowest BCUT2D eigenvalue weighted by Gasteiger charge is -2.11. The molecule has 5 nitrogen and oxygen atoms in total. The Bertz CT molecular complexity index is 1030. The fourth-order valence-electron chi connectivity index (χ4n) is 3.59. The van der Waals surface area contributed by atoms with Crippen molar-refractivity contribution >= 4 is 22.5 Å². The molecule has 0 unspecified atom stereocenters.